The van der Waals surface area contributed by atoms with Gasteiger partial charge in [0.05, 0.1) is 16.0 Å². The number of nitro benzene ring substituents is 1. The van der Waals surface area contributed by atoms with Gasteiger partial charge >= 0.3 is 0 Å². The number of para-hydroxylation sites is 1. The summed E-state index contributed by atoms with van der Waals surface area (Å²) in [5, 5.41) is 23.5. The first-order valence-electron chi connectivity index (χ1n) is 7.04. The molecule has 2 N–H and O–H groups in total. The number of benzene rings is 2. The smallest absolute Gasteiger partial charge is 0.269 e. The Morgan fingerprint density at radius 2 is 1.92 bits per heavy atom. The fourth-order valence-corrected chi connectivity index (χ4v) is 2.09. The Balaban J connectivity index is 1.80. The lowest BCUT2D eigenvalue weighted by Gasteiger charge is -2.13. The van der Waals surface area contributed by atoms with Gasteiger partial charge in [-0.3, -0.25) is 14.9 Å². The van der Waals surface area contributed by atoms with Crippen molar-refractivity contribution in [2.24, 2.45) is 0 Å². The van der Waals surface area contributed by atoms with Crippen molar-refractivity contribution in [3.8, 4) is 5.75 Å². The SMILES string of the molecule is O=C(COc1ccccc1Cl)NC[C@@H](O)c1ccc([N+](=O)[O-])cc1. The molecule has 0 saturated heterocycles. The largest absolute Gasteiger partial charge is 0.482 e. The van der Waals surface area contributed by atoms with Crippen molar-refractivity contribution in [3.05, 3.63) is 69.2 Å². The number of rotatable bonds is 7. The molecule has 0 saturated carbocycles. The standard InChI is InChI=1S/C16H15ClN2O5/c17-13-3-1-2-4-15(13)24-10-16(21)18-9-14(20)11-5-7-12(8-6-11)19(22)23/h1-8,14,20H,9-10H2,(H,18,21)/t14-/m1/s1. The lowest BCUT2D eigenvalue weighted by Crippen LogP contribution is -2.32. The van der Waals surface area contributed by atoms with E-state index in [1.165, 1.54) is 24.3 Å². The van der Waals surface area contributed by atoms with Crippen LogP contribution in [0.4, 0.5) is 5.69 Å². The van der Waals surface area contributed by atoms with E-state index in [0.29, 0.717) is 16.3 Å². The second-order valence-corrected chi connectivity index (χ2v) is 5.29. The number of ether oxygens (including phenoxy) is 1. The fourth-order valence-electron chi connectivity index (χ4n) is 1.90. The van der Waals surface area contributed by atoms with Crippen LogP contribution in [0, 0.1) is 10.1 Å². The number of non-ortho nitro benzene ring substituents is 1. The maximum atomic E-state index is 11.7. The Labute approximate surface area is 143 Å². The number of amides is 1. The quantitative estimate of drug-likeness (QED) is 0.590. The minimum atomic E-state index is -0.977. The number of carbonyl (C=O) groups is 1. The molecule has 0 radical (unpaired) electrons. The molecule has 0 heterocycles. The van der Waals surface area contributed by atoms with E-state index in [1.807, 2.05) is 0 Å². The van der Waals surface area contributed by atoms with Crippen molar-refractivity contribution in [1.29, 1.82) is 0 Å². The van der Waals surface area contributed by atoms with Crippen molar-refractivity contribution in [2.75, 3.05) is 13.2 Å². The van der Waals surface area contributed by atoms with Crippen LogP contribution < -0.4 is 10.1 Å². The lowest BCUT2D eigenvalue weighted by atomic mass is 10.1. The number of hydrogen-bond acceptors (Lipinski definition) is 5. The topological polar surface area (TPSA) is 102 Å². The van der Waals surface area contributed by atoms with E-state index in [9.17, 15) is 20.0 Å². The summed E-state index contributed by atoms with van der Waals surface area (Å²) in [5.41, 5.74) is 0.399. The summed E-state index contributed by atoms with van der Waals surface area (Å²) in [7, 11) is 0. The fraction of sp³-hybridized carbons (Fsp3) is 0.188. The Kier molecular flexibility index (Phi) is 6.11. The van der Waals surface area contributed by atoms with Crippen molar-refractivity contribution in [1.82, 2.24) is 5.32 Å². The predicted octanol–water partition coefficient (Wildman–Crippen LogP) is 2.48. The van der Waals surface area contributed by atoms with Gasteiger partial charge in [-0.15, -0.1) is 0 Å². The highest BCUT2D eigenvalue weighted by atomic mass is 35.5. The Morgan fingerprint density at radius 3 is 2.54 bits per heavy atom. The molecule has 2 rings (SSSR count). The molecule has 0 bridgehead atoms. The molecule has 24 heavy (non-hydrogen) atoms. The number of hydrogen-bond donors (Lipinski definition) is 2. The summed E-state index contributed by atoms with van der Waals surface area (Å²) >= 11 is 5.91. The van der Waals surface area contributed by atoms with E-state index >= 15 is 0 Å². The molecular weight excluding hydrogens is 336 g/mol. The number of carbonyl (C=O) groups excluding carboxylic acids is 1. The molecule has 8 heteroatoms. The molecule has 0 aliphatic rings. The average Bonchev–Trinajstić information content (AvgIpc) is 2.59. The molecule has 0 unspecified atom stereocenters. The Bertz CT molecular complexity index is 721. The van der Waals surface area contributed by atoms with Crippen LogP contribution in [0.2, 0.25) is 5.02 Å². The molecular formula is C16H15ClN2O5. The molecule has 1 amide bonds. The van der Waals surface area contributed by atoms with Crippen LogP contribution in [-0.2, 0) is 4.79 Å². The normalized spacial score (nSPS) is 11.6. The van der Waals surface area contributed by atoms with Gasteiger partial charge in [-0.1, -0.05) is 23.7 Å². The van der Waals surface area contributed by atoms with Crippen LogP contribution in [0.15, 0.2) is 48.5 Å². The number of aliphatic hydroxyl groups excluding tert-OH is 1. The average molecular weight is 351 g/mol. The van der Waals surface area contributed by atoms with Gasteiger partial charge in [0.15, 0.2) is 6.61 Å². The summed E-state index contributed by atoms with van der Waals surface area (Å²) in [6.45, 7) is -0.279. The first-order valence-corrected chi connectivity index (χ1v) is 7.41. The number of nitrogens with one attached hydrogen (secondary N) is 1. The highest BCUT2D eigenvalue weighted by Gasteiger charge is 2.12. The van der Waals surface area contributed by atoms with Crippen molar-refractivity contribution in [2.45, 2.75) is 6.10 Å². The summed E-state index contributed by atoms with van der Waals surface area (Å²) in [4.78, 5) is 21.8. The van der Waals surface area contributed by atoms with Crippen LogP contribution in [0.3, 0.4) is 0 Å². The Hall–Kier alpha value is -2.64. The summed E-state index contributed by atoms with van der Waals surface area (Å²) in [5.74, 6) is -0.0267. The van der Waals surface area contributed by atoms with E-state index in [-0.39, 0.29) is 18.8 Å². The summed E-state index contributed by atoms with van der Waals surface area (Å²) in [6.07, 6.45) is -0.977. The van der Waals surface area contributed by atoms with Gasteiger partial charge in [0, 0.05) is 18.7 Å². The predicted molar refractivity (Wildman–Crippen MR) is 88.0 cm³/mol. The van der Waals surface area contributed by atoms with Gasteiger partial charge in [0.1, 0.15) is 5.75 Å². The van der Waals surface area contributed by atoms with E-state index in [2.05, 4.69) is 5.32 Å². The maximum Gasteiger partial charge on any atom is 0.269 e. The van der Waals surface area contributed by atoms with E-state index < -0.39 is 16.9 Å². The second kappa shape index (κ2) is 8.28. The zero-order valence-corrected chi connectivity index (χ0v) is 13.3. The van der Waals surface area contributed by atoms with Crippen molar-refractivity contribution in [3.63, 3.8) is 0 Å². The molecule has 0 fully saturated rings. The highest BCUT2D eigenvalue weighted by Crippen LogP contribution is 2.22. The molecule has 1 atom stereocenters. The van der Waals surface area contributed by atoms with E-state index in [4.69, 9.17) is 16.3 Å². The first-order chi connectivity index (χ1) is 11.5. The van der Waals surface area contributed by atoms with Crippen molar-refractivity contribution < 1.29 is 19.6 Å². The number of nitro groups is 1. The van der Waals surface area contributed by atoms with Crippen molar-refractivity contribution >= 4 is 23.2 Å². The minimum Gasteiger partial charge on any atom is -0.482 e. The van der Waals surface area contributed by atoms with Crippen LogP contribution >= 0.6 is 11.6 Å². The Morgan fingerprint density at radius 1 is 1.25 bits per heavy atom. The van der Waals surface area contributed by atoms with Gasteiger partial charge in [-0.05, 0) is 29.8 Å². The zero-order valence-electron chi connectivity index (χ0n) is 12.5. The van der Waals surface area contributed by atoms with Crippen LogP contribution in [0.1, 0.15) is 11.7 Å². The molecule has 2 aromatic carbocycles. The highest BCUT2D eigenvalue weighted by molar-refractivity contribution is 6.32. The monoisotopic (exact) mass is 350 g/mol. The molecule has 0 spiro atoms. The van der Waals surface area contributed by atoms with Gasteiger partial charge in [0.25, 0.3) is 11.6 Å². The van der Waals surface area contributed by atoms with Gasteiger partial charge in [-0.2, -0.15) is 0 Å². The van der Waals surface area contributed by atoms with E-state index in [0.717, 1.165) is 0 Å². The third-order valence-electron chi connectivity index (χ3n) is 3.18. The van der Waals surface area contributed by atoms with Crippen LogP contribution in [0.5, 0.6) is 5.75 Å². The third kappa shape index (κ3) is 4.94. The van der Waals surface area contributed by atoms with Crippen LogP contribution in [-0.4, -0.2) is 29.1 Å². The lowest BCUT2D eigenvalue weighted by molar-refractivity contribution is -0.384. The molecule has 0 aliphatic carbocycles. The number of nitrogens with zero attached hydrogens (tertiary/aromatic N) is 1. The van der Waals surface area contributed by atoms with Gasteiger partial charge in [-0.25, -0.2) is 0 Å². The summed E-state index contributed by atoms with van der Waals surface area (Å²) in [6, 6.07) is 12.2. The van der Waals surface area contributed by atoms with E-state index in [1.54, 1.807) is 24.3 Å². The molecule has 126 valence electrons. The summed E-state index contributed by atoms with van der Waals surface area (Å²) < 4.78 is 5.28. The number of aliphatic hydroxyl groups is 1. The second-order valence-electron chi connectivity index (χ2n) is 4.89. The molecule has 7 nitrogen and oxygen atoms in total. The third-order valence-corrected chi connectivity index (χ3v) is 3.49. The molecule has 0 aliphatic heterocycles. The van der Waals surface area contributed by atoms with Crippen LogP contribution in [0.25, 0.3) is 0 Å². The molecule has 2 aromatic rings. The first kappa shape index (κ1) is 17.7. The maximum absolute atomic E-state index is 11.7. The number of halogens is 1. The zero-order chi connectivity index (χ0) is 17.5. The minimum absolute atomic E-state index is 0.0392. The van der Waals surface area contributed by atoms with Gasteiger partial charge < -0.3 is 15.2 Å². The molecule has 0 aromatic heterocycles. The van der Waals surface area contributed by atoms with Gasteiger partial charge in [0.2, 0.25) is 0 Å².